The van der Waals surface area contributed by atoms with Gasteiger partial charge in [-0.2, -0.15) is 0 Å². The fourth-order valence-electron chi connectivity index (χ4n) is 4.42. The minimum Gasteiger partial charge on any atom is -0.494 e. The largest absolute Gasteiger partial charge is 0.494 e. The molecule has 0 saturated carbocycles. The summed E-state index contributed by atoms with van der Waals surface area (Å²) in [5, 5.41) is 0. The highest BCUT2D eigenvalue weighted by Gasteiger charge is 2.30. The highest BCUT2D eigenvalue weighted by molar-refractivity contribution is 5.69. The van der Waals surface area contributed by atoms with E-state index in [1.165, 1.54) is 5.56 Å². The number of fused-ring (bicyclic) bond motifs is 3. The molecule has 0 bridgehead atoms. The monoisotopic (exact) mass is 442 g/mol. The van der Waals surface area contributed by atoms with Crippen LogP contribution in [0.5, 0.6) is 23.0 Å². The van der Waals surface area contributed by atoms with Gasteiger partial charge in [-0.3, -0.25) is 0 Å². The molecule has 0 spiro atoms. The van der Waals surface area contributed by atoms with E-state index >= 15 is 0 Å². The first-order valence-corrected chi connectivity index (χ1v) is 11.7. The maximum Gasteiger partial charge on any atom is 0.134 e. The highest BCUT2D eigenvalue weighted by Crippen LogP contribution is 2.46. The van der Waals surface area contributed by atoms with Crippen molar-refractivity contribution in [2.45, 2.75) is 51.9 Å². The summed E-state index contributed by atoms with van der Waals surface area (Å²) >= 11 is 0. The second-order valence-electron chi connectivity index (χ2n) is 9.06. The summed E-state index contributed by atoms with van der Waals surface area (Å²) in [4.78, 5) is 0. The Labute approximate surface area is 195 Å². The molecule has 0 aromatic heterocycles. The molecule has 4 heteroatoms. The Kier molecular flexibility index (Phi) is 5.76. The summed E-state index contributed by atoms with van der Waals surface area (Å²) in [6, 6.07) is 20.4. The first-order valence-electron chi connectivity index (χ1n) is 11.7. The van der Waals surface area contributed by atoms with Crippen molar-refractivity contribution in [3.63, 3.8) is 0 Å². The number of ether oxygens (including phenoxy) is 4. The molecule has 0 amide bonds. The Bertz CT molecular complexity index is 1160. The highest BCUT2D eigenvalue weighted by atomic mass is 16.5. The quantitative estimate of drug-likeness (QED) is 0.415. The molecule has 3 aromatic rings. The van der Waals surface area contributed by atoms with Crippen molar-refractivity contribution < 1.29 is 18.9 Å². The minimum atomic E-state index is -0.317. The van der Waals surface area contributed by atoms with Crippen molar-refractivity contribution in [1.82, 2.24) is 0 Å². The molecular formula is C29H30O4. The lowest BCUT2D eigenvalue weighted by Crippen LogP contribution is -2.28. The summed E-state index contributed by atoms with van der Waals surface area (Å²) < 4.78 is 24.8. The number of hydrogen-bond acceptors (Lipinski definition) is 4. The number of hydrogen-bond donors (Lipinski definition) is 0. The second-order valence-corrected chi connectivity index (χ2v) is 9.06. The van der Waals surface area contributed by atoms with Gasteiger partial charge in [-0.05, 0) is 75.1 Å². The summed E-state index contributed by atoms with van der Waals surface area (Å²) in [7, 11) is 0. The lowest BCUT2D eigenvalue weighted by Gasteiger charge is -2.33. The molecule has 0 radical (unpaired) electrons. The van der Waals surface area contributed by atoms with E-state index < -0.39 is 0 Å². The van der Waals surface area contributed by atoms with Crippen molar-refractivity contribution in [3.05, 3.63) is 89.0 Å². The van der Waals surface area contributed by atoms with Crippen LogP contribution in [-0.2, 0) is 13.0 Å². The zero-order valence-corrected chi connectivity index (χ0v) is 19.5. The van der Waals surface area contributed by atoms with Gasteiger partial charge >= 0.3 is 0 Å². The van der Waals surface area contributed by atoms with E-state index in [9.17, 15) is 0 Å². The molecule has 1 atom stereocenters. The average Bonchev–Trinajstić information content (AvgIpc) is 2.82. The Morgan fingerprint density at radius 1 is 1.00 bits per heavy atom. The van der Waals surface area contributed by atoms with Gasteiger partial charge in [-0.1, -0.05) is 36.4 Å². The zero-order valence-electron chi connectivity index (χ0n) is 19.5. The summed E-state index contributed by atoms with van der Waals surface area (Å²) in [5.74, 6) is 3.39. The fraction of sp³-hybridized carbons (Fsp3) is 0.310. The second kappa shape index (κ2) is 8.86. The van der Waals surface area contributed by atoms with Gasteiger partial charge in [-0.15, -0.1) is 0 Å². The van der Waals surface area contributed by atoms with Gasteiger partial charge in [0.05, 0.1) is 12.2 Å². The summed E-state index contributed by atoms with van der Waals surface area (Å²) in [6.07, 6.45) is 5.94. The molecule has 5 rings (SSSR count). The van der Waals surface area contributed by atoms with Crippen LogP contribution in [0.15, 0.2) is 66.7 Å². The van der Waals surface area contributed by atoms with E-state index in [-0.39, 0.29) is 11.7 Å². The van der Waals surface area contributed by atoms with Crippen LogP contribution < -0.4 is 18.9 Å². The van der Waals surface area contributed by atoms with Crippen LogP contribution in [0.2, 0.25) is 0 Å². The molecule has 33 heavy (non-hydrogen) atoms. The molecule has 0 fully saturated rings. The van der Waals surface area contributed by atoms with Crippen LogP contribution >= 0.6 is 0 Å². The predicted octanol–water partition coefficient (Wildman–Crippen LogP) is 6.91. The van der Waals surface area contributed by atoms with E-state index in [2.05, 4.69) is 56.3 Å². The normalized spacial score (nSPS) is 17.8. The molecule has 1 unspecified atom stereocenters. The predicted molar refractivity (Wildman–Crippen MR) is 130 cm³/mol. The Hall–Kier alpha value is -3.40. The van der Waals surface area contributed by atoms with Gasteiger partial charge in [0.15, 0.2) is 0 Å². The van der Waals surface area contributed by atoms with Crippen LogP contribution in [0.1, 0.15) is 55.5 Å². The van der Waals surface area contributed by atoms with E-state index in [1.807, 2.05) is 37.3 Å². The molecular weight excluding hydrogens is 412 g/mol. The average molecular weight is 443 g/mol. The van der Waals surface area contributed by atoms with Crippen LogP contribution in [-0.4, -0.2) is 12.2 Å². The van der Waals surface area contributed by atoms with Gasteiger partial charge in [0, 0.05) is 11.6 Å². The van der Waals surface area contributed by atoms with Crippen molar-refractivity contribution in [2.24, 2.45) is 0 Å². The Balaban J connectivity index is 1.45. The smallest absolute Gasteiger partial charge is 0.134 e. The molecule has 2 heterocycles. The standard InChI is InChI=1S/C29H30O4/c1-4-30-22-12-13-23(27(18-22)31-19-20-8-6-5-7-9-20)25-14-10-21-11-15-26-24(28(21)32-25)16-17-29(2,3)33-26/h5-9,11-13,15-18,25H,4,10,14,19H2,1-3H3. The number of rotatable bonds is 6. The summed E-state index contributed by atoms with van der Waals surface area (Å²) in [6.45, 7) is 7.21. The fourth-order valence-corrected chi connectivity index (χ4v) is 4.42. The maximum absolute atomic E-state index is 6.63. The van der Waals surface area contributed by atoms with Gasteiger partial charge in [0.1, 0.15) is 41.3 Å². The topological polar surface area (TPSA) is 36.9 Å². The molecule has 4 nitrogen and oxygen atoms in total. The van der Waals surface area contributed by atoms with Gasteiger partial charge in [-0.25, -0.2) is 0 Å². The van der Waals surface area contributed by atoms with Gasteiger partial charge < -0.3 is 18.9 Å². The first-order chi connectivity index (χ1) is 16.0. The third kappa shape index (κ3) is 4.56. The van der Waals surface area contributed by atoms with E-state index in [0.29, 0.717) is 13.2 Å². The van der Waals surface area contributed by atoms with E-state index in [4.69, 9.17) is 18.9 Å². The van der Waals surface area contributed by atoms with Crippen molar-refractivity contribution >= 4 is 6.08 Å². The Morgan fingerprint density at radius 3 is 2.67 bits per heavy atom. The van der Waals surface area contributed by atoms with Crippen molar-refractivity contribution in [1.29, 1.82) is 0 Å². The lowest BCUT2D eigenvalue weighted by molar-refractivity contribution is 0.149. The van der Waals surface area contributed by atoms with Crippen LogP contribution in [0.4, 0.5) is 0 Å². The maximum atomic E-state index is 6.63. The third-order valence-corrected chi connectivity index (χ3v) is 6.08. The number of benzene rings is 3. The molecule has 0 N–H and O–H groups in total. The van der Waals surface area contributed by atoms with Crippen LogP contribution in [0.3, 0.4) is 0 Å². The molecule has 170 valence electrons. The van der Waals surface area contributed by atoms with Crippen molar-refractivity contribution in [2.75, 3.05) is 6.61 Å². The van der Waals surface area contributed by atoms with Crippen LogP contribution in [0.25, 0.3) is 6.08 Å². The van der Waals surface area contributed by atoms with Crippen molar-refractivity contribution in [3.8, 4) is 23.0 Å². The molecule has 3 aromatic carbocycles. The SMILES string of the molecule is CCOc1ccc(C2CCc3ccc4c(c3O2)C=CC(C)(C)O4)c(OCc2ccccc2)c1. The van der Waals surface area contributed by atoms with E-state index in [1.54, 1.807) is 0 Å². The minimum absolute atomic E-state index is 0.103. The molecule has 0 aliphatic carbocycles. The first kappa shape index (κ1) is 21.4. The zero-order chi connectivity index (χ0) is 22.8. The molecule has 2 aliphatic heterocycles. The third-order valence-electron chi connectivity index (χ3n) is 6.08. The number of aryl methyl sites for hydroxylation is 1. The summed E-state index contributed by atoms with van der Waals surface area (Å²) in [5.41, 5.74) is 4.09. The van der Waals surface area contributed by atoms with Gasteiger partial charge in [0.25, 0.3) is 0 Å². The van der Waals surface area contributed by atoms with Crippen LogP contribution in [0, 0.1) is 0 Å². The van der Waals surface area contributed by atoms with Gasteiger partial charge in [0.2, 0.25) is 0 Å². The Morgan fingerprint density at radius 2 is 1.85 bits per heavy atom. The molecule has 2 aliphatic rings. The van der Waals surface area contributed by atoms with E-state index in [0.717, 1.165) is 52.5 Å². The lowest BCUT2D eigenvalue weighted by atomic mass is 9.93. The molecule has 0 saturated heterocycles.